The van der Waals surface area contributed by atoms with Crippen molar-refractivity contribution in [3.63, 3.8) is 0 Å². The van der Waals surface area contributed by atoms with E-state index in [2.05, 4.69) is 34.3 Å². The van der Waals surface area contributed by atoms with Crippen molar-refractivity contribution in [2.45, 2.75) is 38.5 Å². The van der Waals surface area contributed by atoms with Gasteiger partial charge in [0.2, 0.25) is 5.76 Å². The minimum atomic E-state index is -0.0532. The van der Waals surface area contributed by atoms with E-state index in [9.17, 15) is 4.79 Å². The maximum absolute atomic E-state index is 13.0. The third kappa shape index (κ3) is 2.81. The molecule has 1 aromatic carbocycles. The Morgan fingerprint density at radius 2 is 1.92 bits per heavy atom. The Kier molecular flexibility index (Phi) is 4.03. The van der Waals surface area contributed by atoms with Gasteiger partial charge in [-0.05, 0) is 30.2 Å². The molecule has 0 aliphatic carbocycles. The SMILES string of the molecule is CC(C)c1c(C(=O)N2CCC(c3ccccc3)CC2)oc2ncnn12. The Bertz CT molecular complexity index is 873. The first-order valence-corrected chi connectivity index (χ1v) is 8.81. The van der Waals surface area contributed by atoms with Gasteiger partial charge < -0.3 is 9.32 Å². The minimum Gasteiger partial charge on any atom is -0.416 e. The molecule has 2 aromatic heterocycles. The predicted molar refractivity (Wildman–Crippen MR) is 93.7 cm³/mol. The summed E-state index contributed by atoms with van der Waals surface area (Å²) >= 11 is 0. The number of carbonyl (C=O) groups excluding carboxylic acids is 1. The number of oxazole rings is 1. The Balaban J connectivity index is 1.53. The molecule has 3 heterocycles. The summed E-state index contributed by atoms with van der Waals surface area (Å²) < 4.78 is 7.36. The van der Waals surface area contributed by atoms with E-state index in [1.807, 2.05) is 24.8 Å². The van der Waals surface area contributed by atoms with Gasteiger partial charge in [0.25, 0.3) is 5.91 Å². The van der Waals surface area contributed by atoms with E-state index in [0.717, 1.165) is 31.6 Å². The number of likely N-dealkylation sites (tertiary alicyclic amines) is 1. The number of hydrogen-bond donors (Lipinski definition) is 0. The lowest BCUT2D eigenvalue weighted by Gasteiger charge is -2.31. The van der Waals surface area contributed by atoms with Gasteiger partial charge in [-0.2, -0.15) is 14.6 Å². The Morgan fingerprint density at radius 1 is 1.20 bits per heavy atom. The van der Waals surface area contributed by atoms with Crippen LogP contribution in [-0.4, -0.2) is 38.5 Å². The topological polar surface area (TPSA) is 63.6 Å². The van der Waals surface area contributed by atoms with Crippen LogP contribution in [0.5, 0.6) is 0 Å². The quantitative estimate of drug-likeness (QED) is 0.733. The molecule has 6 heteroatoms. The lowest BCUT2D eigenvalue weighted by Crippen LogP contribution is -2.38. The molecule has 1 aliphatic rings. The Hall–Kier alpha value is -2.63. The lowest BCUT2D eigenvalue weighted by atomic mass is 9.89. The van der Waals surface area contributed by atoms with Crippen molar-refractivity contribution in [2.75, 3.05) is 13.1 Å². The smallest absolute Gasteiger partial charge is 0.325 e. The van der Waals surface area contributed by atoms with Crippen LogP contribution in [0.1, 0.15) is 60.3 Å². The van der Waals surface area contributed by atoms with Crippen LogP contribution in [-0.2, 0) is 0 Å². The van der Waals surface area contributed by atoms with Gasteiger partial charge >= 0.3 is 5.84 Å². The molecule has 0 bridgehead atoms. The number of piperidine rings is 1. The Morgan fingerprint density at radius 3 is 2.60 bits per heavy atom. The van der Waals surface area contributed by atoms with E-state index >= 15 is 0 Å². The predicted octanol–water partition coefficient (Wildman–Crippen LogP) is 3.47. The van der Waals surface area contributed by atoms with E-state index in [-0.39, 0.29) is 11.8 Å². The summed E-state index contributed by atoms with van der Waals surface area (Å²) in [6.07, 6.45) is 3.40. The first-order chi connectivity index (χ1) is 12.1. The maximum Gasteiger partial charge on any atom is 0.325 e. The zero-order valence-electron chi connectivity index (χ0n) is 14.6. The summed E-state index contributed by atoms with van der Waals surface area (Å²) in [5.74, 6) is 1.35. The number of nitrogens with zero attached hydrogens (tertiary/aromatic N) is 4. The highest BCUT2D eigenvalue weighted by molar-refractivity contribution is 5.93. The molecule has 6 nitrogen and oxygen atoms in total. The molecule has 1 amide bonds. The normalized spacial score (nSPS) is 16.0. The summed E-state index contributed by atoms with van der Waals surface area (Å²) in [6, 6.07) is 10.5. The summed E-state index contributed by atoms with van der Waals surface area (Å²) in [5.41, 5.74) is 2.15. The maximum atomic E-state index is 13.0. The molecule has 0 spiro atoms. The number of amides is 1. The largest absolute Gasteiger partial charge is 0.416 e. The van der Waals surface area contributed by atoms with Crippen molar-refractivity contribution in [2.24, 2.45) is 0 Å². The molecule has 0 N–H and O–H groups in total. The van der Waals surface area contributed by atoms with Crippen molar-refractivity contribution in [3.05, 3.63) is 53.7 Å². The van der Waals surface area contributed by atoms with Crippen molar-refractivity contribution >= 4 is 11.8 Å². The van der Waals surface area contributed by atoms with Gasteiger partial charge in [0, 0.05) is 13.1 Å². The molecule has 1 fully saturated rings. The fraction of sp³-hybridized carbons (Fsp3) is 0.421. The van der Waals surface area contributed by atoms with E-state index in [1.165, 1.54) is 11.9 Å². The lowest BCUT2D eigenvalue weighted by molar-refractivity contribution is 0.0680. The first kappa shape index (κ1) is 15.9. The fourth-order valence-corrected chi connectivity index (χ4v) is 3.65. The van der Waals surface area contributed by atoms with Crippen LogP contribution in [0.15, 0.2) is 41.1 Å². The van der Waals surface area contributed by atoms with Gasteiger partial charge in [-0.1, -0.05) is 44.2 Å². The van der Waals surface area contributed by atoms with Gasteiger partial charge in [0.1, 0.15) is 6.33 Å². The van der Waals surface area contributed by atoms with Crippen LogP contribution < -0.4 is 0 Å². The molecule has 0 saturated carbocycles. The van der Waals surface area contributed by atoms with Gasteiger partial charge in [-0.15, -0.1) is 0 Å². The van der Waals surface area contributed by atoms with Gasteiger partial charge in [0.05, 0.1) is 5.69 Å². The highest BCUT2D eigenvalue weighted by Crippen LogP contribution is 2.30. The first-order valence-electron chi connectivity index (χ1n) is 8.81. The molecule has 4 rings (SSSR count). The summed E-state index contributed by atoms with van der Waals surface area (Å²) in [6.45, 7) is 5.55. The van der Waals surface area contributed by atoms with E-state index in [1.54, 1.807) is 4.52 Å². The molecule has 0 atom stereocenters. The number of rotatable bonds is 3. The Labute approximate surface area is 146 Å². The highest BCUT2D eigenvalue weighted by Gasteiger charge is 2.30. The van der Waals surface area contributed by atoms with Crippen LogP contribution in [0.4, 0.5) is 0 Å². The number of fused-ring (bicyclic) bond motifs is 1. The van der Waals surface area contributed by atoms with Crippen molar-refractivity contribution < 1.29 is 9.21 Å². The van der Waals surface area contributed by atoms with E-state index in [0.29, 0.717) is 17.5 Å². The number of hydrogen-bond acceptors (Lipinski definition) is 4. The van der Waals surface area contributed by atoms with Crippen molar-refractivity contribution in [3.8, 4) is 0 Å². The number of carbonyl (C=O) groups is 1. The molecule has 25 heavy (non-hydrogen) atoms. The van der Waals surface area contributed by atoms with Crippen LogP contribution in [0.2, 0.25) is 0 Å². The average molecular weight is 338 g/mol. The monoisotopic (exact) mass is 338 g/mol. The second kappa shape index (κ2) is 6.35. The van der Waals surface area contributed by atoms with Gasteiger partial charge in [-0.25, -0.2) is 0 Å². The highest BCUT2D eigenvalue weighted by atomic mass is 16.4. The third-order valence-electron chi connectivity index (χ3n) is 4.96. The second-order valence-electron chi connectivity index (χ2n) is 6.90. The molecule has 1 saturated heterocycles. The average Bonchev–Trinajstić information content (AvgIpc) is 3.22. The van der Waals surface area contributed by atoms with E-state index < -0.39 is 0 Å². The van der Waals surface area contributed by atoms with E-state index in [4.69, 9.17) is 4.42 Å². The molecular weight excluding hydrogens is 316 g/mol. The molecule has 0 unspecified atom stereocenters. The fourth-order valence-electron chi connectivity index (χ4n) is 3.65. The molecule has 0 radical (unpaired) electrons. The molecule has 130 valence electrons. The van der Waals surface area contributed by atoms with Crippen LogP contribution in [0.3, 0.4) is 0 Å². The zero-order valence-corrected chi connectivity index (χ0v) is 14.6. The van der Waals surface area contributed by atoms with Crippen molar-refractivity contribution in [1.82, 2.24) is 19.5 Å². The standard InChI is InChI=1S/C19H22N4O2/c1-13(2)16-17(25-19-20-12-21-23(16)19)18(24)22-10-8-15(9-11-22)14-6-4-3-5-7-14/h3-7,12-13,15H,8-11H2,1-2H3. The summed E-state index contributed by atoms with van der Waals surface area (Å²) in [7, 11) is 0. The zero-order chi connectivity index (χ0) is 17.4. The second-order valence-corrected chi connectivity index (χ2v) is 6.90. The van der Waals surface area contributed by atoms with Crippen molar-refractivity contribution in [1.29, 1.82) is 0 Å². The molecule has 3 aromatic rings. The minimum absolute atomic E-state index is 0.0532. The third-order valence-corrected chi connectivity index (χ3v) is 4.96. The molecule has 1 aliphatic heterocycles. The summed E-state index contributed by atoms with van der Waals surface area (Å²) in [4.78, 5) is 19.0. The van der Waals surface area contributed by atoms with Crippen LogP contribution >= 0.6 is 0 Å². The summed E-state index contributed by atoms with van der Waals surface area (Å²) in [5, 5.41) is 4.18. The van der Waals surface area contributed by atoms with Crippen LogP contribution in [0, 0.1) is 0 Å². The van der Waals surface area contributed by atoms with Crippen LogP contribution in [0.25, 0.3) is 5.84 Å². The number of benzene rings is 1. The molecular formula is C19H22N4O2. The van der Waals surface area contributed by atoms with Gasteiger partial charge in [0.15, 0.2) is 0 Å². The number of aromatic nitrogens is 3. The van der Waals surface area contributed by atoms with Gasteiger partial charge in [-0.3, -0.25) is 4.79 Å².